The van der Waals surface area contributed by atoms with E-state index in [9.17, 15) is 4.79 Å². The highest BCUT2D eigenvalue weighted by atomic mass is 16.5. The monoisotopic (exact) mass is 369 g/mol. The summed E-state index contributed by atoms with van der Waals surface area (Å²) in [5.41, 5.74) is 1.76. The average molecular weight is 369 g/mol. The Balaban J connectivity index is 1.54. The van der Waals surface area contributed by atoms with Gasteiger partial charge in [0, 0.05) is 12.1 Å². The number of hydrogen-bond donors (Lipinski definition) is 2. The van der Waals surface area contributed by atoms with E-state index >= 15 is 0 Å². The lowest BCUT2D eigenvalue weighted by atomic mass is 10.1. The standard InChI is InChI=1S/C19H20N4O4/c1-25-16-9-8-14(12-17(16)26-2)10-11-23-13-18(27-22-23)21-19(24)20-15-6-4-3-5-7-15/h3-9,12-13H,10-11H2,1-2H3,(H-,20,21,22,24)/p+1. The highest BCUT2D eigenvalue weighted by molar-refractivity contribution is 5.98. The van der Waals surface area contributed by atoms with E-state index in [1.54, 1.807) is 37.2 Å². The van der Waals surface area contributed by atoms with Crippen LogP contribution in [0, 0.1) is 0 Å². The van der Waals surface area contributed by atoms with Crippen molar-refractivity contribution < 1.29 is 23.5 Å². The second kappa shape index (κ2) is 8.70. The number of urea groups is 1. The number of anilines is 2. The second-order valence-electron chi connectivity index (χ2n) is 5.71. The molecular formula is C19H21N4O4+. The predicted molar refractivity (Wildman–Crippen MR) is 99.0 cm³/mol. The van der Waals surface area contributed by atoms with Crippen LogP contribution in [0.2, 0.25) is 0 Å². The summed E-state index contributed by atoms with van der Waals surface area (Å²) in [6, 6.07) is 14.5. The summed E-state index contributed by atoms with van der Waals surface area (Å²) in [5.74, 6) is 1.63. The molecule has 3 aromatic rings. The van der Waals surface area contributed by atoms with Crippen molar-refractivity contribution >= 4 is 17.6 Å². The highest BCUT2D eigenvalue weighted by Gasteiger charge is 2.15. The fourth-order valence-electron chi connectivity index (χ4n) is 2.51. The van der Waals surface area contributed by atoms with Crippen LogP contribution in [0.15, 0.2) is 59.3 Å². The van der Waals surface area contributed by atoms with E-state index in [0.717, 1.165) is 5.56 Å². The van der Waals surface area contributed by atoms with Crippen molar-refractivity contribution in [3.05, 3.63) is 60.3 Å². The van der Waals surface area contributed by atoms with E-state index in [4.69, 9.17) is 14.0 Å². The van der Waals surface area contributed by atoms with E-state index in [-0.39, 0.29) is 5.88 Å². The van der Waals surface area contributed by atoms with Gasteiger partial charge < -0.3 is 14.8 Å². The predicted octanol–water partition coefficient (Wildman–Crippen LogP) is 2.87. The lowest BCUT2D eigenvalue weighted by molar-refractivity contribution is -0.761. The molecule has 0 fully saturated rings. The molecule has 0 unspecified atom stereocenters. The van der Waals surface area contributed by atoms with Gasteiger partial charge >= 0.3 is 11.9 Å². The Bertz CT molecular complexity index is 896. The van der Waals surface area contributed by atoms with Crippen LogP contribution in [0.25, 0.3) is 0 Å². The molecule has 2 amide bonds. The molecule has 8 heteroatoms. The zero-order valence-corrected chi connectivity index (χ0v) is 15.1. The first-order chi connectivity index (χ1) is 13.2. The first kappa shape index (κ1) is 18.2. The van der Waals surface area contributed by atoms with Gasteiger partial charge in [-0.15, -0.1) is 0 Å². The fourth-order valence-corrected chi connectivity index (χ4v) is 2.51. The number of ether oxygens (including phenoxy) is 2. The number of para-hydroxylation sites is 1. The minimum absolute atomic E-state index is 0.260. The molecule has 27 heavy (non-hydrogen) atoms. The number of hydrogen-bond acceptors (Lipinski definition) is 5. The zero-order valence-electron chi connectivity index (χ0n) is 15.1. The second-order valence-corrected chi connectivity index (χ2v) is 5.71. The lowest BCUT2D eigenvalue weighted by Crippen LogP contribution is -2.35. The van der Waals surface area contributed by atoms with Crippen LogP contribution < -0.4 is 24.8 Å². The number of carbonyl (C=O) groups is 1. The van der Waals surface area contributed by atoms with E-state index in [0.29, 0.717) is 30.2 Å². The van der Waals surface area contributed by atoms with Crippen LogP contribution >= 0.6 is 0 Å². The molecule has 3 rings (SSSR count). The molecule has 0 saturated heterocycles. The van der Waals surface area contributed by atoms with Crippen LogP contribution in [-0.2, 0) is 13.0 Å². The number of nitrogens with one attached hydrogen (secondary N) is 2. The number of rotatable bonds is 7. The largest absolute Gasteiger partial charge is 0.493 e. The number of carbonyl (C=O) groups excluding carboxylic acids is 1. The number of nitrogens with zero attached hydrogens (tertiary/aromatic N) is 2. The Kier molecular flexibility index (Phi) is 5.88. The maximum atomic E-state index is 12.0. The number of methoxy groups -OCH3 is 2. The Hall–Kier alpha value is -3.55. The number of aromatic nitrogens is 2. The van der Waals surface area contributed by atoms with Gasteiger partial charge in [-0.05, 0) is 29.8 Å². The minimum Gasteiger partial charge on any atom is -0.493 e. The van der Waals surface area contributed by atoms with E-state index < -0.39 is 6.03 Å². The zero-order chi connectivity index (χ0) is 19.1. The van der Waals surface area contributed by atoms with Crippen LogP contribution in [0.4, 0.5) is 16.4 Å². The van der Waals surface area contributed by atoms with Crippen molar-refractivity contribution in [3.8, 4) is 11.5 Å². The topological polar surface area (TPSA) is 89.5 Å². The molecule has 1 heterocycles. The molecular weight excluding hydrogens is 348 g/mol. The van der Waals surface area contributed by atoms with Gasteiger partial charge in [-0.3, -0.25) is 9.84 Å². The average Bonchev–Trinajstić information content (AvgIpc) is 3.14. The van der Waals surface area contributed by atoms with Crippen LogP contribution in [0.1, 0.15) is 5.56 Å². The summed E-state index contributed by atoms with van der Waals surface area (Å²) in [6.45, 7) is 0.584. The van der Waals surface area contributed by atoms with Crippen molar-refractivity contribution in [2.45, 2.75) is 13.0 Å². The van der Waals surface area contributed by atoms with Crippen LogP contribution in [-0.4, -0.2) is 25.5 Å². The molecule has 0 atom stereocenters. The highest BCUT2D eigenvalue weighted by Crippen LogP contribution is 2.27. The van der Waals surface area contributed by atoms with Gasteiger partial charge in [-0.2, -0.15) is 0 Å². The van der Waals surface area contributed by atoms with Crippen LogP contribution in [0.5, 0.6) is 11.5 Å². The summed E-state index contributed by atoms with van der Waals surface area (Å²) in [6.07, 6.45) is 2.35. The number of aryl methyl sites for hydroxylation is 2. The Morgan fingerprint density at radius 1 is 1.07 bits per heavy atom. The third-order valence-electron chi connectivity index (χ3n) is 3.86. The third-order valence-corrected chi connectivity index (χ3v) is 3.86. The first-order valence-corrected chi connectivity index (χ1v) is 8.38. The first-order valence-electron chi connectivity index (χ1n) is 8.38. The number of amides is 2. The van der Waals surface area contributed by atoms with Gasteiger partial charge in [0.15, 0.2) is 18.0 Å². The lowest BCUT2D eigenvalue weighted by Gasteiger charge is -2.08. The van der Waals surface area contributed by atoms with Crippen molar-refractivity contribution in [2.75, 3.05) is 24.9 Å². The molecule has 1 aromatic heterocycles. The van der Waals surface area contributed by atoms with Crippen molar-refractivity contribution in [1.82, 2.24) is 5.27 Å². The molecule has 0 aliphatic carbocycles. The van der Waals surface area contributed by atoms with Crippen molar-refractivity contribution in [3.63, 3.8) is 0 Å². The maximum absolute atomic E-state index is 12.0. The molecule has 8 nitrogen and oxygen atoms in total. The van der Waals surface area contributed by atoms with Gasteiger partial charge in [0.1, 0.15) is 0 Å². The van der Waals surface area contributed by atoms with Gasteiger partial charge in [-0.1, -0.05) is 28.9 Å². The molecule has 0 spiro atoms. The van der Waals surface area contributed by atoms with Gasteiger partial charge in [-0.25, -0.2) is 4.79 Å². The fraction of sp³-hybridized carbons (Fsp3) is 0.211. The summed E-state index contributed by atoms with van der Waals surface area (Å²) in [7, 11) is 3.21. The molecule has 0 aliphatic heterocycles. The summed E-state index contributed by atoms with van der Waals surface area (Å²) >= 11 is 0. The SMILES string of the molecule is COc1ccc(CC[n+]2cc(NC(=O)Nc3ccccc3)on2)cc1OC. The Morgan fingerprint density at radius 3 is 2.59 bits per heavy atom. The third kappa shape index (κ3) is 4.97. The number of benzene rings is 2. The summed E-state index contributed by atoms with van der Waals surface area (Å²) in [5, 5.41) is 9.22. The van der Waals surface area contributed by atoms with Gasteiger partial charge in [0.05, 0.1) is 14.2 Å². The minimum atomic E-state index is -0.399. The molecule has 2 aromatic carbocycles. The summed E-state index contributed by atoms with van der Waals surface area (Å²) < 4.78 is 17.3. The maximum Gasteiger partial charge on any atom is 0.326 e. The van der Waals surface area contributed by atoms with Gasteiger partial charge in [0.2, 0.25) is 5.27 Å². The molecule has 0 bridgehead atoms. The molecule has 140 valence electrons. The Labute approximate surface area is 156 Å². The van der Waals surface area contributed by atoms with Gasteiger partial charge in [0.25, 0.3) is 6.20 Å². The normalized spacial score (nSPS) is 10.3. The Morgan fingerprint density at radius 2 is 1.85 bits per heavy atom. The smallest absolute Gasteiger partial charge is 0.326 e. The summed E-state index contributed by atoms with van der Waals surface area (Å²) in [4.78, 5) is 12.0. The van der Waals surface area contributed by atoms with Crippen molar-refractivity contribution in [1.29, 1.82) is 0 Å². The van der Waals surface area contributed by atoms with E-state index in [1.165, 1.54) is 0 Å². The quantitative estimate of drug-likeness (QED) is 0.625. The molecule has 2 N–H and O–H groups in total. The van der Waals surface area contributed by atoms with Crippen molar-refractivity contribution in [2.24, 2.45) is 0 Å². The molecule has 0 aliphatic rings. The molecule has 0 radical (unpaired) electrons. The van der Waals surface area contributed by atoms with E-state index in [2.05, 4.69) is 15.9 Å². The molecule has 0 saturated carbocycles. The van der Waals surface area contributed by atoms with Crippen LogP contribution in [0.3, 0.4) is 0 Å². The van der Waals surface area contributed by atoms with E-state index in [1.807, 2.05) is 36.4 Å².